The minimum atomic E-state index is -2.33. The number of alkyl halides is 1. The van der Waals surface area contributed by atoms with Crippen LogP contribution in [0.3, 0.4) is 0 Å². The number of benzene rings is 2. The van der Waals surface area contributed by atoms with Crippen LogP contribution in [0.5, 0.6) is 0 Å². The third kappa shape index (κ3) is 4.29. The highest BCUT2D eigenvalue weighted by Crippen LogP contribution is 2.35. The zero-order valence-corrected chi connectivity index (χ0v) is 16.4. The van der Waals surface area contributed by atoms with Crippen molar-refractivity contribution in [3.63, 3.8) is 0 Å². The predicted molar refractivity (Wildman–Crippen MR) is 115 cm³/mol. The Hall–Kier alpha value is -4.04. The van der Waals surface area contributed by atoms with Crippen molar-refractivity contribution in [2.45, 2.75) is 12.4 Å². The molecular weight excluding hydrogens is 397 g/mol. The first-order valence-electron chi connectivity index (χ1n) is 9.56. The number of pyridine rings is 1. The van der Waals surface area contributed by atoms with Gasteiger partial charge in [0.05, 0.1) is 6.20 Å². The molecule has 0 spiro atoms. The van der Waals surface area contributed by atoms with Crippen molar-refractivity contribution in [2.24, 2.45) is 0 Å². The van der Waals surface area contributed by atoms with Gasteiger partial charge in [0.1, 0.15) is 11.9 Å². The molecule has 0 unspecified atom stereocenters. The summed E-state index contributed by atoms with van der Waals surface area (Å²) in [7, 11) is 0. The van der Waals surface area contributed by atoms with Gasteiger partial charge in [-0.2, -0.15) is 5.10 Å². The number of hydrogen-bond donors (Lipinski definition) is 4. The molecule has 2 aromatic carbocycles. The Labute approximate surface area is 177 Å². The van der Waals surface area contributed by atoms with Crippen molar-refractivity contribution in [1.29, 1.82) is 0 Å². The van der Waals surface area contributed by atoms with Crippen molar-refractivity contribution in [1.82, 2.24) is 20.5 Å². The molecular formula is C23H20FN5O2. The van der Waals surface area contributed by atoms with Gasteiger partial charge in [-0.15, -0.1) is 0 Å². The number of aromatic nitrogens is 3. The highest BCUT2D eigenvalue weighted by atomic mass is 19.1. The number of anilines is 1. The monoisotopic (exact) mass is 417 g/mol. The molecule has 0 bridgehead atoms. The first-order valence-corrected chi connectivity index (χ1v) is 9.56. The van der Waals surface area contributed by atoms with Crippen LogP contribution in [0, 0.1) is 0 Å². The molecule has 0 aliphatic heterocycles. The summed E-state index contributed by atoms with van der Waals surface area (Å²) in [5.41, 5.74) is 9.54. The zero-order valence-electron chi connectivity index (χ0n) is 16.4. The van der Waals surface area contributed by atoms with E-state index in [1.807, 2.05) is 6.07 Å². The van der Waals surface area contributed by atoms with Crippen LogP contribution in [0.2, 0.25) is 0 Å². The summed E-state index contributed by atoms with van der Waals surface area (Å²) in [5, 5.41) is 19.1. The van der Waals surface area contributed by atoms with Gasteiger partial charge in [0.25, 0.3) is 5.91 Å². The van der Waals surface area contributed by atoms with E-state index in [-0.39, 0.29) is 5.82 Å². The number of nitrogens with zero attached hydrogens (tertiary/aromatic N) is 2. The van der Waals surface area contributed by atoms with Crippen molar-refractivity contribution in [3.8, 4) is 22.3 Å². The highest BCUT2D eigenvalue weighted by molar-refractivity contribution is 5.94. The Kier molecular flexibility index (Phi) is 5.72. The Bertz CT molecular complexity index is 1180. The molecule has 156 valence electrons. The van der Waals surface area contributed by atoms with Gasteiger partial charge in [-0.1, -0.05) is 42.5 Å². The van der Waals surface area contributed by atoms with Crippen molar-refractivity contribution in [2.75, 3.05) is 5.73 Å². The maximum Gasteiger partial charge on any atom is 0.251 e. The fourth-order valence-corrected chi connectivity index (χ4v) is 3.38. The molecule has 2 aromatic heterocycles. The lowest BCUT2D eigenvalue weighted by molar-refractivity contribution is 0.00653. The van der Waals surface area contributed by atoms with Gasteiger partial charge < -0.3 is 16.2 Å². The number of aromatic amines is 1. The molecule has 7 nitrogen and oxygen atoms in total. The standard InChI is InChI=1S/C23H20FN5O2/c24-21(30)20(29-23(31)14-6-2-1-3-7-14)18-9-5-4-8-17(18)19-10-15(11-26-22(19)25)16-12-27-28-13-16/h1-13,20-21,30H,(H2,25,26)(H,27,28)(H,29,31)/t20-,21+/m0/s1. The summed E-state index contributed by atoms with van der Waals surface area (Å²) < 4.78 is 14.3. The lowest BCUT2D eigenvalue weighted by atomic mass is 9.93. The minimum Gasteiger partial charge on any atom is -0.383 e. The number of amides is 1. The molecule has 0 fully saturated rings. The number of aliphatic hydroxyl groups excluding tert-OH is 1. The van der Waals surface area contributed by atoms with Crippen LogP contribution in [-0.4, -0.2) is 32.6 Å². The van der Waals surface area contributed by atoms with Crippen LogP contribution in [0.4, 0.5) is 10.2 Å². The topological polar surface area (TPSA) is 117 Å². The lowest BCUT2D eigenvalue weighted by Crippen LogP contribution is -2.34. The summed E-state index contributed by atoms with van der Waals surface area (Å²) >= 11 is 0. The number of nitrogens with one attached hydrogen (secondary N) is 2. The quantitative estimate of drug-likeness (QED) is 0.383. The molecule has 0 aliphatic carbocycles. The number of nitrogen functional groups attached to an aromatic ring is 1. The van der Waals surface area contributed by atoms with Crippen molar-refractivity contribution < 1.29 is 14.3 Å². The van der Waals surface area contributed by atoms with Crippen LogP contribution >= 0.6 is 0 Å². The van der Waals surface area contributed by atoms with Gasteiger partial charge in [0.15, 0.2) is 0 Å². The molecule has 0 saturated carbocycles. The average Bonchev–Trinajstić information content (AvgIpc) is 3.33. The van der Waals surface area contributed by atoms with Gasteiger partial charge in [-0.05, 0) is 29.3 Å². The first-order chi connectivity index (χ1) is 15.0. The van der Waals surface area contributed by atoms with Crippen LogP contribution < -0.4 is 11.1 Å². The SMILES string of the molecule is Nc1ncc(-c2cn[nH]c2)cc1-c1ccccc1[C@H](NC(=O)c1ccccc1)[C@@H](O)F. The van der Waals surface area contributed by atoms with Crippen LogP contribution in [0.1, 0.15) is 22.0 Å². The van der Waals surface area contributed by atoms with E-state index >= 15 is 0 Å². The molecule has 2 atom stereocenters. The molecule has 8 heteroatoms. The van der Waals surface area contributed by atoms with E-state index < -0.39 is 18.3 Å². The zero-order chi connectivity index (χ0) is 21.8. The Morgan fingerprint density at radius 3 is 2.48 bits per heavy atom. The second-order valence-corrected chi connectivity index (χ2v) is 6.92. The average molecular weight is 417 g/mol. The second kappa shape index (κ2) is 8.76. The van der Waals surface area contributed by atoms with E-state index in [1.165, 1.54) is 0 Å². The molecule has 4 aromatic rings. The van der Waals surface area contributed by atoms with Crippen LogP contribution in [-0.2, 0) is 0 Å². The Morgan fingerprint density at radius 1 is 1.03 bits per heavy atom. The molecule has 31 heavy (non-hydrogen) atoms. The summed E-state index contributed by atoms with van der Waals surface area (Å²) in [6, 6.07) is 15.8. The van der Waals surface area contributed by atoms with Gasteiger partial charge in [-0.3, -0.25) is 9.89 Å². The van der Waals surface area contributed by atoms with E-state index in [9.17, 15) is 14.3 Å². The minimum absolute atomic E-state index is 0.237. The molecule has 0 radical (unpaired) electrons. The third-order valence-electron chi connectivity index (χ3n) is 4.93. The number of carbonyl (C=O) groups excluding carboxylic acids is 1. The first kappa shape index (κ1) is 20.2. The van der Waals surface area contributed by atoms with Crippen molar-refractivity contribution in [3.05, 3.63) is 90.4 Å². The van der Waals surface area contributed by atoms with E-state index in [1.54, 1.807) is 73.2 Å². The summed E-state index contributed by atoms with van der Waals surface area (Å²) in [4.78, 5) is 16.9. The predicted octanol–water partition coefficient (Wildman–Crippen LogP) is 3.48. The van der Waals surface area contributed by atoms with Gasteiger partial charge in [0.2, 0.25) is 6.36 Å². The number of rotatable bonds is 6. The molecule has 0 saturated heterocycles. The smallest absolute Gasteiger partial charge is 0.251 e. The Balaban J connectivity index is 1.75. The van der Waals surface area contributed by atoms with Gasteiger partial charge in [-0.25, -0.2) is 9.37 Å². The van der Waals surface area contributed by atoms with Gasteiger partial charge >= 0.3 is 0 Å². The largest absolute Gasteiger partial charge is 0.383 e. The van der Waals surface area contributed by atoms with E-state index in [4.69, 9.17) is 5.73 Å². The molecule has 5 N–H and O–H groups in total. The normalized spacial score (nSPS) is 12.8. The number of nitrogens with two attached hydrogens (primary N) is 1. The second-order valence-electron chi connectivity index (χ2n) is 6.92. The van der Waals surface area contributed by atoms with Crippen molar-refractivity contribution >= 4 is 11.7 Å². The summed E-state index contributed by atoms with van der Waals surface area (Å²) in [5.74, 6) is -0.267. The maximum atomic E-state index is 14.3. The molecule has 1 amide bonds. The molecule has 0 aliphatic rings. The highest BCUT2D eigenvalue weighted by Gasteiger charge is 2.26. The number of halogens is 1. The lowest BCUT2D eigenvalue weighted by Gasteiger charge is -2.23. The maximum absolute atomic E-state index is 14.3. The fraction of sp³-hybridized carbons (Fsp3) is 0.0870. The third-order valence-corrected chi connectivity index (χ3v) is 4.93. The molecule has 4 rings (SSSR count). The summed E-state index contributed by atoms with van der Waals surface area (Å²) in [6.07, 6.45) is 2.65. The Morgan fingerprint density at radius 2 is 1.77 bits per heavy atom. The summed E-state index contributed by atoms with van der Waals surface area (Å²) in [6.45, 7) is 0. The fourth-order valence-electron chi connectivity index (χ4n) is 3.38. The number of H-pyrrole nitrogens is 1. The van der Waals surface area contributed by atoms with Crippen LogP contribution in [0.25, 0.3) is 22.3 Å². The van der Waals surface area contributed by atoms with E-state index in [0.29, 0.717) is 22.3 Å². The molecule has 2 heterocycles. The van der Waals surface area contributed by atoms with E-state index in [0.717, 1.165) is 11.1 Å². The van der Waals surface area contributed by atoms with Gasteiger partial charge in [0, 0.05) is 34.6 Å². The number of hydrogen-bond acceptors (Lipinski definition) is 5. The number of aliphatic hydroxyl groups is 1. The van der Waals surface area contributed by atoms with E-state index in [2.05, 4.69) is 20.5 Å². The van der Waals surface area contributed by atoms with Crippen LogP contribution in [0.15, 0.2) is 79.3 Å². The number of carbonyl (C=O) groups is 1.